The molecule has 152 valence electrons. The minimum absolute atomic E-state index is 0.655. The molecule has 27 heavy (non-hydrogen) atoms. The van der Waals surface area contributed by atoms with Crippen molar-refractivity contribution in [1.82, 2.24) is 9.55 Å². The van der Waals surface area contributed by atoms with Crippen LogP contribution in [0.1, 0.15) is 16.7 Å². The quantitative estimate of drug-likeness (QED) is 0.239. The number of aliphatic hydroxyl groups is 2. The maximum Gasteiger partial charge on any atom is 0.481 e. The number of amides is 1. The van der Waals surface area contributed by atoms with Crippen LogP contribution in [0.2, 0.25) is 0 Å². The smallest absolute Gasteiger partial charge is 0.387 e. The van der Waals surface area contributed by atoms with Crippen LogP contribution >= 0.6 is 15.6 Å². The second-order valence-electron chi connectivity index (χ2n) is 5.24. The van der Waals surface area contributed by atoms with Crippen molar-refractivity contribution < 1.29 is 52.4 Å². The number of phosphoric acid groups is 2. The third-order valence-corrected chi connectivity index (χ3v) is 5.48. The van der Waals surface area contributed by atoms with Gasteiger partial charge in [0.2, 0.25) is 0 Å². The molecule has 1 aliphatic heterocycles. The molecule has 1 aliphatic rings. The molecule has 1 fully saturated rings. The molecule has 0 spiro atoms. The van der Waals surface area contributed by atoms with E-state index in [2.05, 4.69) is 13.8 Å². The number of ether oxygens (including phenoxy) is 1. The Balaban J connectivity index is 2.16. The minimum Gasteiger partial charge on any atom is -0.387 e. The van der Waals surface area contributed by atoms with Gasteiger partial charge in [-0.05, 0) is 0 Å². The highest BCUT2D eigenvalue weighted by atomic mass is 31.3. The fourth-order valence-corrected chi connectivity index (χ4v) is 3.82. The van der Waals surface area contributed by atoms with Gasteiger partial charge in [-0.1, -0.05) is 0 Å². The zero-order chi connectivity index (χ0) is 20.6. The predicted molar refractivity (Wildman–Crippen MR) is 81.8 cm³/mol. The molecule has 0 aliphatic carbocycles. The number of hydrogen-bond donors (Lipinski definition) is 6. The monoisotopic (exact) mass is 431 g/mol. The summed E-state index contributed by atoms with van der Waals surface area (Å²) in [6.45, 7) is -0.939. The average Bonchev–Trinajstić information content (AvgIpc) is 2.79. The highest BCUT2D eigenvalue weighted by Crippen LogP contribution is 2.57. The predicted octanol–water partition coefficient (Wildman–Crippen LogP) is -2.81. The Bertz CT molecular complexity index is 867. The third-order valence-electron chi connectivity index (χ3n) is 3.32. The van der Waals surface area contributed by atoms with Gasteiger partial charge in [-0.25, -0.2) is 14.1 Å². The third kappa shape index (κ3) is 5.27. The van der Waals surface area contributed by atoms with E-state index < -0.39 is 64.0 Å². The van der Waals surface area contributed by atoms with Crippen molar-refractivity contribution in [3.05, 3.63) is 28.4 Å². The molecular formula is C10H15N3O12P2. The molecule has 1 amide bonds. The number of nitrogens with two attached hydrogens (primary N) is 1. The lowest BCUT2D eigenvalue weighted by Gasteiger charge is -2.18. The molecule has 0 aromatic carbocycles. The van der Waals surface area contributed by atoms with E-state index in [0.29, 0.717) is 4.57 Å². The molecule has 15 nitrogen and oxygen atoms in total. The molecule has 2 heterocycles. The summed E-state index contributed by atoms with van der Waals surface area (Å²) in [4.78, 5) is 53.0. The largest absolute Gasteiger partial charge is 0.481 e. The van der Waals surface area contributed by atoms with Crippen molar-refractivity contribution in [3.63, 3.8) is 0 Å². The SMILES string of the molecule is NC(=O)c1nccn([C@@H]2O[C@H](COP(=O)(O)OP(=O)(O)O)[C@H](O)[C@H]2O)c1=O. The number of hydrogen-bond acceptors (Lipinski definition) is 10. The topological polar surface area (TPSA) is 241 Å². The van der Waals surface area contributed by atoms with E-state index >= 15 is 0 Å². The number of carbonyl (C=O) groups is 1. The first-order valence-electron chi connectivity index (χ1n) is 6.95. The molecule has 7 N–H and O–H groups in total. The van der Waals surface area contributed by atoms with Crippen molar-refractivity contribution >= 4 is 21.6 Å². The average molecular weight is 431 g/mol. The van der Waals surface area contributed by atoms with Gasteiger partial charge in [0.1, 0.15) is 18.3 Å². The van der Waals surface area contributed by atoms with E-state index in [-0.39, 0.29) is 0 Å². The second-order valence-corrected chi connectivity index (χ2v) is 8.07. The fraction of sp³-hybridized carbons (Fsp3) is 0.500. The zero-order valence-electron chi connectivity index (χ0n) is 13.1. The second kappa shape index (κ2) is 7.85. The maximum atomic E-state index is 12.1. The van der Waals surface area contributed by atoms with E-state index in [1.54, 1.807) is 0 Å². The van der Waals surface area contributed by atoms with Gasteiger partial charge in [-0.2, -0.15) is 4.31 Å². The number of aliphatic hydroxyl groups excluding tert-OH is 2. The van der Waals surface area contributed by atoms with Crippen LogP contribution in [0.4, 0.5) is 0 Å². The lowest BCUT2D eigenvalue weighted by atomic mass is 10.1. The van der Waals surface area contributed by atoms with E-state index in [0.717, 1.165) is 12.4 Å². The van der Waals surface area contributed by atoms with Crippen LogP contribution in [0.3, 0.4) is 0 Å². The number of rotatable bonds is 7. The number of primary amides is 1. The van der Waals surface area contributed by atoms with E-state index in [1.807, 2.05) is 0 Å². The normalized spacial score (nSPS) is 28.0. The summed E-state index contributed by atoms with van der Waals surface area (Å²) in [6.07, 6.45) is -4.45. The number of carbonyl (C=O) groups excluding carboxylic acids is 1. The van der Waals surface area contributed by atoms with Crippen LogP contribution in [0.25, 0.3) is 0 Å². The van der Waals surface area contributed by atoms with E-state index in [4.69, 9.17) is 20.3 Å². The first kappa shape index (κ1) is 21.8. The first-order chi connectivity index (χ1) is 12.3. The zero-order valence-corrected chi connectivity index (χ0v) is 14.9. The van der Waals surface area contributed by atoms with Crippen LogP contribution < -0.4 is 11.3 Å². The van der Waals surface area contributed by atoms with Crippen molar-refractivity contribution in [2.75, 3.05) is 6.61 Å². The Kier molecular flexibility index (Phi) is 6.33. The highest BCUT2D eigenvalue weighted by molar-refractivity contribution is 7.60. The Morgan fingerprint density at radius 1 is 1.30 bits per heavy atom. The van der Waals surface area contributed by atoms with Crippen LogP contribution in [0.15, 0.2) is 17.2 Å². The lowest BCUT2D eigenvalue weighted by Crippen LogP contribution is -2.38. The molecular weight excluding hydrogens is 416 g/mol. The van der Waals surface area contributed by atoms with Crippen molar-refractivity contribution in [2.24, 2.45) is 5.73 Å². The Labute approximate surface area is 149 Å². The van der Waals surface area contributed by atoms with Crippen LogP contribution in [-0.2, 0) is 22.7 Å². The molecule has 0 radical (unpaired) electrons. The summed E-state index contributed by atoms with van der Waals surface area (Å²) < 4.78 is 35.8. The molecule has 1 saturated heterocycles. The lowest BCUT2D eigenvalue weighted by molar-refractivity contribution is -0.0538. The van der Waals surface area contributed by atoms with Crippen molar-refractivity contribution in [2.45, 2.75) is 24.5 Å². The Morgan fingerprint density at radius 3 is 2.48 bits per heavy atom. The molecule has 1 aromatic heterocycles. The highest BCUT2D eigenvalue weighted by Gasteiger charge is 2.45. The minimum atomic E-state index is -5.34. The van der Waals surface area contributed by atoms with Gasteiger partial charge in [0.15, 0.2) is 11.9 Å². The van der Waals surface area contributed by atoms with Gasteiger partial charge < -0.3 is 35.4 Å². The van der Waals surface area contributed by atoms with Crippen LogP contribution in [-0.4, -0.2) is 65.3 Å². The summed E-state index contributed by atoms with van der Waals surface area (Å²) in [5.74, 6) is -1.14. The molecule has 0 bridgehead atoms. The van der Waals surface area contributed by atoms with E-state index in [1.165, 1.54) is 0 Å². The van der Waals surface area contributed by atoms with Crippen LogP contribution in [0, 0.1) is 0 Å². The van der Waals surface area contributed by atoms with E-state index in [9.17, 15) is 33.8 Å². The van der Waals surface area contributed by atoms with Gasteiger partial charge in [0.05, 0.1) is 6.61 Å². The molecule has 0 saturated carbocycles. The molecule has 2 rings (SSSR count). The standard InChI is InChI=1S/C10H15N3O12P2/c11-8(16)5-9(17)13(2-1-12-5)10-7(15)6(14)4(24-10)3-23-27(21,22)25-26(18,19)20/h1-2,4,6-7,10,14-15H,3H2,(H2,11,16)(H,21,22)(H2,18,19,20)/t4-,6+,7-,10-/m1/s1. The van der Waals surface area contributed by atoms with Crippen LogP contribution in [0.5, 0.6) is 0 Å². The number of phosphoric ester groups is 1. The maximum absolute atomic E-state index is 12.1. The Hall–Kier alpha value is -1.51. The molecule has 1 aromatic rings. The van der Waals surface area contributed by atoms with Gasteiger partial charge in [-0.15, -0.1) is 0 Å². The summed E-state index contributed by atoms with van der Waals surface area (Å²) in [7, 11) is -10.6. The number of aromatic nitrogens is 2. The van der Waals surface area contributed by atoms with Gasteiger partial charge in [0, 0.05) is 12.4 Å². The van der Waals surface area contributed by atoms with Gasteiger partial charge in [0.25, 0.3) is 11.5 Å². The van der Waals surface area contributed by atoms with Crippen molar-refractivity contribution in [3.8, 4) is 0 Å². The fourth-order valence-electron chi connectivity index (χ4n) is 2.22. The Morgan fingerprint density at radius 2 is 1.93 bits per heavy atom. The van der Waals surface area contributed by atoms with Gasteiger partial charge in [-0.3, -0.25) is 18.7 Å². The first-order valence-corrected chi connectivity index (χ1v) is 9.98. The summed E-state index contributed by atoms with van der Waals surface area (Å²) >= 11 is 0. The summed E-state index contributed by atoms with van der Waals surface area (Å²) in [5, 5.41) is 20.0. The number of nitrogens with zero attached hydrogens (tertiary/aromatic N) is 2. The molecule has 1 unspecified atom stereocenters. The summed E-state index contributed by atoms with van der Waals surface area (Å²) in [6, 6.07) is 0. The molecule has 17 heteroatoms. The summed E-state index contributed by atoms with van der Waals surface area (Å²) in [5.41, 5.74) is 3.31. The van der Waals surface area contributed by atoms with Gasteiger partial charge >= 0.3 is 15.6 Å². The van der Waals surface area contributed by atoms with Crippen molar-refractivity contribution in [1.29, 1.82) is 0 Å². The molecule has 5 atom stereocenters.